The fraction of sp³-hybridized carbons (Fsp3) is 0.467. The van der Waals surface area contributed by atoms with Crippen molar-refractivity contribution in [3.05, 3.63) is 30.6 Å². The van der Waals surface area contributed by atoms with Crippen molar-refractivity contribution in [2.45, 2.75) is 38.8 Å². The summed E-state index contributed by atoms with van der Waals surface area (Å²) in [5.41, 5.74) is 1.83. The van der Waals surface area contributed by atoms with E-state index in [1.165, 1.54) is 0 Å². The zero-order valence-corrected chi connectivity index (χ0v) is 11.9. The fourth-order valence-electron chi connectivity index (χ4n) is 2.27. The number of para-hydroxylation sites is 2. The Kier molecular flexibility index (Phi) is 4.74. The number of benzene rings is 1. The predicted octanol–water partition coefficient (Wildman–Crippen LogP) is 1.87. The topological polar surface area (TPSA) is 67.2 Å². The van der Waals surface area contributed by atoms with Crippen LogP contribution in [-0.2, 0) is 4.79 Å². The highest BCUT2D eigenvalue weighted by Crippen LogP contribution is 2.17. The number of carbonyl (C=O) groups is 1. The first kappa shape index (κ1) is 14.5. The van der Waals surface area contributed by atoms with E-state index in [1.807, 2.05) is 42.7 Å². The quantitative estimate of drug-likeness (QED) is 0.845. The third-order valence-electron chi connectivity index (χ3n) is 3.59. The van der Waals surface area contributed by atoms with Crippen molar-refractivity contribution >= 4 is 16.9 Å². The van der Waals surface area contributed by atoms with Crippen LogP contribution in [0.2, 0.25) is 0 Å². The third kappa shape index (κ3) is 2.99. The van der Waals surface area contributed by atoms with Crippen molar-refractivity contribution in [3.8, 4) is 0 Å². The van der Waals surface area contributed by atoms with E-state index in [1.54, 1.807) is 6.33 Å². The molecule has 2 rings (SSSR count). The van der Waals surface area contributed by atoms with Crippen LogP contribution in [0.3, 0.4) is 0 Å². The van der Waals surface area contributed by atoms with Crippen LogP contribution in [0.15, 0.2) is 30.6 Å². The lowest BCUT2D eigenvalue weighted by molar-refractivity contribution is -0.124. The number of aliphatic hydroxyl groups excluding tert-OH is 1. The maximum atomic E-state index is 12.3. The predicted molar refractivity (Wildman–Crippen MR) is 78.4 cm³/mol. The second-order valence-corrected chi connectivity index (χ2v) is 4.94. The lowest BCUT2D eigenvalue weighted by atomic mass is 10.1. The van der Waals surface area contributed by atoms with Gasteiger partial charge in [0.15, 0.2) is 0 Å². The van der Waals surface area contributed by atoms with Crippen LogP contribution in [-0.4, -0.2) is 33.2 Å². The van der Waals surface area contributed by atoms with Gasteiger partial charge in [-0.2, -0.15) is 0 Å². The molecule has 0 bridgehead atoms. The van der Waals surface area contributed by atoms with Gasteiger partial charge in [0.25, 0.3) is 0 Å². The average Bonchev–Trinajstić information content (AvgIpc) is 2.89. The van der Waals surface area contributed by atoms with Crippen LogP contribution in [0.5, 0.6) is 0 Å². The van der Waals surface area contributed by atoms with Crippen molar-refractivity contribution in [1.29, 1.82) is 0 Å². The van der Waals surface area contributed by atoms with Crippen LogP contribution < -0.4 is 5.32 Å². The molecule has 2 unspecified atom stereocenters. The molecule has 0 spiro atoms. The molecule has 108 valence electrons. The van der Waals surface area contributed by atoms with Crippen LogP contribution in [0.1, 0.15) is 32.7 Å². The number of carbonyl (C=O) groups excluding carboxylic acids is 1. The number of fused-ring (bicyclic) bond motifs is 1. The van der Waals surface area contributed by atoms with E-state index < -0.39 is 0 Å². The fourth-order valence-corrected chi connectivity index (χ4v) is 2.27. The minimum atomic E-state index is -0.324. The maximum Gasteiger partial charge on any atom is 0.243 e. The molecule has 5 heteroatoms. The number of hydrogen-bond donors (Lipinski definition) is 2. The van der Waals surface area contributed by atoms with Gasteiger partial charge in [0.05, 0.1) is 17.4 Å². The molecule has 0 radical (unpaired) electrons. The molecular weight excluding hydrogens is 254 g/mol. The molecule has 5 nitrogen and oxygen atoms in total. The van der Waals surface area contributed by atoms with Crippen LogP contribution in [0.4, 0.5) is 0 Å². The summed E-state index contributed by atoms with van der Waals surface area (Å²) in [6, 6.07) is 7.44. The van der Waals surface area contributed by atoms with E-state index in [-0.39, 0.29) is 24.6 Å². The normalized spacial score (nSPS) is 14.2. The summed E-state index contributed by atoms with van der Waals surface area (Å²) in [7, 11) is 0. The second-order valence-electron chi connectivity index (χ2n) is 4.94. The third-order valence-corrected chi connectivity index (χ3v) is 3.59. The number of imidazole rings is 1. The van der Waals surface area contributed by atoms with Gasteiger partial charge in [-0.15, -0.1) is 0 Å². The number of aromatic nitrogens is 2. The monoisotopic (exact) mass is 275 g/mol. The van der Waals surface area contributed by atoms with E-state index in [0.717, 1.165) is 17.5 Å². The minimum absolute atomic E-state index is 0.0183. The van der Waals surface area contributed by atoms with Crippen LogP contribution in [0, 0.1) is 0 Å². The van der Waals surface area contributed by atoms with Gasteiger partial charge in [-0.25, -0.2) is 4.98 Å². The first-order valence-corrected chi connectivity index (χ1v) is 7.00. The van der Waals surface area contributed by atoms with Gasteiger partial charge in [-0.05, 0) is 31.9 Å². The Labute approximate surface area is 118 Å². The highest BCUT2D eigenvalue weighted by Gasteiger charge is 2.19. The van der Waals surface area contributed by atoms with Gasteiger partial charge < -0.3 is 15.0 Å². The highest BCUT2D eigenvalue weighted by molar-refractivity contribution is 5.83. The SMILES string of the molecule is CCC(CCO)NC(=O)C(C)n1cnc2ccccc21. The van der Waals surface area contributed by atoms with Crippen molar-refractivity contribution < 1.29 is 9.90 Å². The number of nitrogens with one attached hydrogen (secondary N) is 1. The molecule has 0 fully saturated rings. The van der Waals surface area contributed by atoms with Crippen LogP contribution in [0.25, 0.3) is 11.0 Å². The maximum absolute atomic E-state index is 12.3. The molecule has 1 amide bonds. The number of rotatable bonds is 6. The standard InChI is InChI=1S/C15H21N3O2/c1-3-12(8-9-19)17-15(20)11(2)18-10-16-13-6-4-5-7-14(13)18/h4-7,10-12,19H,3,8-9H2,1-2H3,(H,17,20). The number of aliphatic hydroxyl groups is 1. The first-order valence-electron chi connectivity index (χ1n) is 7.00. The smallest absolute Gasteiger partial charge is 0.243 e. The number of amides is 1. The van der Waals surface area contributed by atoms with Crippen molar-refractivity contribution in [3.63, 3.8) is 0 Å². The average molecular weight is 275 g/mol. The summed E-state index contributed by atoms with van der Waals surface area (Å²) >= 11 is 0. The number of nitrogens with zero attached hydrogens (tertiary/aromatic N) is 2. The molecule has 1 aromatic carbocycles. The lowest BCUT2D eigenvalue weighted by Gasteiger charge is -2.20. The van der Waals surface area contributed by atoms with Crippen LogP contribution >= 0.6 is 0 Å². The zero-order valence-electron chi connectivity index (χ0n) is 11.9. The summed E-state index contributed by atoms with van der Waals surface area (Å²) in [6.07, 6.45) is 3.09. The first-order chi connectivity index (χ1) is 9.67. The lowest BCUT2D eigenvalue weighted by Crippen LogP contribution is -2.39. The molecule has 1 aromatic heterocycles. The Morgan fingerprint density at radius 2 is 2.20 bits per heavy atom. The molecule has 0 aliphatic carbocycles. The molecular formula is C15H21N3O2. The van der Waals surface area contributed by atoms with Crippen molar-refractivity contribution in [2.75, 3.05) is 6.61 Å². The molecule has 2 aromatic rings. The molecule has 0 aliphatic rings. The van der Waals surface area contributed by atoms with E-state index in [2.05, 4.69) is 10.3 Å². The number of hydrogen-bond acceptors (Lipinski definition) is 3. The van der Waals surface area contributed by atoms with Gasteiger partial charge in [0, 0.05) is 12.6 Å². The minimum Gasteiger partial charge on any atom is -0.396 e. The van der Waals surface area contributed by atoms with Crippen molar-refractivity contribution in [1.82, 2.24) is 14.9 Å². The molecule has 1 heterocycles. The van der Waals surface area contributed by atoms with Gasteiger partial charge in [-0.1, -0.05) is 19.1 Å². The molecule has 2 N–H and O–H groups in total. The second kappa shape index (κ2) is 6.52. The Hall–Kier alpha value is -1.88. The van der Waals surface area contributed by atoms with Gasteiger partial charge in [0.2, 0.25) is 5.91 Å². The van der Waals surface area contributed by atoms with E-state index >= 15 is 0 Å². The van der Waals surface area contributed by atoms with E-state index in [4.69, 9.17) is 5.11 Å². The zero-order chi connectivity index (χ0) is 14.5. The van der Waals surface area contributed by atoms with Gasteiger partial charge in [-0.3, -0.25) is 4.79 Å². The van der Waals surface area contributed by atoms with Gasteiger partial charge in [0.1, 0.15) is 6.04 Å². The summed E-state index contributed by atoms with van der Waals surface area (Å²) < 4.78 is 1.87. The molecule has 2 atom stereocenters. The van der Waals surface area contributed by atoms with Gasteiger partial charge >= 0.3 is 0 Å². The Morgan fingerprint density at radius 1 is 1.45 bits per heavy atom. The molecule has 20 heavy (non-hydrogen) atoms. The molecule has 0 saturated carbocycles. The molecule has 0 saturated heterocycles. The van der Waals surface area contributed by atoms with E-state index in [0.29, 0.717) is 6.42 Å². The Morgan fingerprint density at radius 3 is 2.90 bits per heavy atom. The summed E-state index contributed by atoms with van der Waals surface area (Å²) in [5, 5.41) is 12.0. The summed E-state index contributed by atoms with van der Waals surface area (Å²) in [6.45, 7) is 3.94. The summed E-state index contributed by atoms with van der Waals surface area (Å²) in [4.78, 5) is 16.6. The highest BCUT2D eigenvalue weighted by atomic mass is 16.3. The Bertz CT molecular complexity index is 579. The van der Waals surface area contributed by atoms with Crippen molar-refractivity contribution in [2.24, 2.45) is 0 Å². The largest absolute Gasteiger partial charge is 0.396 e. The summed E-state index contributed by atoms with van der Waals surface area (Å²) in [5.74, 6) is -0.0477. The Balaban J connectivity index is 2.14. The van der Waals surface area contributed by atoms with E-state index in [9.17, 15) is 4.79 Å². The molecule has 0 aliphatic heterocycles.